The van der Waals surface area contributed by atoms with E-state index in [1.54, 1.807) is 0 Å². The summed E-state index contributed by atoms with van der Waals surface area (Å²) in [4.78, 5) is 19.3. The van der Waals surface area contributed by atoms with Crippen molar-refractivity contribution in [1.82, 2.24) is 14.7 Å². The van der Waals surface area contributed by atoms with Crippen LogP contribution >= 0.6 is 0 Å². The summed E-state index contributed by atoms with van der Waals surface area (Å²) in [5.41, 5.74) is 4.95. The van der Waals surface area contributed by atoms with E-state index in [1.165, 1.54) is 11.1 Å². The van der Waals surface area contributed by atoms with Crippen LogP contribution in [-0.2, 0) is 32.9 Å². The number of likely N-dealkylation sites (tertiary alicyclic amines) is 1. The number of nitrogens with zero attached hydrogens (tertiary/aromatic N) is 3. The zero-order chi connectivity index (χ0) is 23.0. The van der Waals surface area contributed by atoms with Gasteiger partial charge in [-0.3, -0.25) is 14.6 Å². The fourth-order valence-corrected chi connectivity index (χ4v) is 6.09. The molecule has 3 heterocycles. The van der Waals surface area contributed by atoms with E-state index >= 15 is 0 Å². The molecule has 1 spiro atoms. The number of hydrogen-bond acceptors (Lipinski definition) is 5. The lowest BCUT2D eigenvalue weighted by Gasteiger charge is -2.36. The molecule has 0 radical (unpaired) electrons. The number of rotatable bonds is 4. The normalized spacial score (nSPS) is 24.7. The molecule has 3 fully saturated rings. The number of amides is 1. The van der Waals surface area contributed by atoms with Crippen molar-refractivity contribution in [3.8, 4) is 0 Å². The summed E-state index contributed by atoms with van der Waals surface area (Å²) in [5.74, 6) is -0.510. The van der Waals surface area contributed by atoms with E-state index in [2.05, 4.69) is 58.3 Å². The van der Waals surface area contributed by atoms with Crippen LogP contribution in [0.5, 0.6) is 0 Å². The molecule has 0 aromatic heterocycles. The van der Waals surface area contributed by atoms with Crippen molar-refractivity contribution in [3.63, 3.8) is 0 Å². The van der Waals surface area contributed by atoms with Gasteiger partial charge in [-0.05, 0) is 36.8 Å². The van der Waals surface area contributed by atoms with Gasteiger partial charge in [0.1, 0.15) is 0 Å². The Morgan fingerprint density at radius 1 is 0.824 bits per heavy atom. The predicted molar refractivity (Wildman–Crippen MR) is 131 cm³/mol. The highest BCUT2D eigenvalue weighted by Gasteiger charge is 2.48. The summed E-state index contributed by atoms with van der Waals surface area (Å²) >= 11 is 0. The van der Waals surface area contributed by atoms with E-state index in [-0.39, 0.29) is 6.10 Å². The second kappa shape index (κ2) is 9.42. The first-order valence-corrected chi connectivity index (χ1v) is 12.9. The summed E-state index contributed by atoms with van der Waals surface area (Å²) in [7, 11) is 0. The minimum absolute atomic E-state index is 0.0250. The Morgan fingerprint density at radius 2 is 1.41 bits per heavy atom. The molecule has 3 saturated heterocycles. The lowest BCUT2D eigenvalue weighted by molar-refractivity contribution is -0.145. The molecule has 0 bridgehead atoms. The molecule has 0 saturated carbocycles. The molecule has 4 aliphatic rings. The molecule has 1 aliphatic carbocycles. The molecule has 6 heteroatoms. The first-order valence-electron chi connectivity index (χ1n) is 12.9. The van der Waals surface area contributed by atoms with E-state index in [9.17, 15) is 4.79 Å². The van der Waals surface area contributed by atoms with Crippen LogP contribution in [0.2, 0.25) is 0 Å². The monoisotopic (exact) mass is 461 g/mol. The maximum atomic E-state index is 12.5. The van der Waals surface area contributed by atoms with Crippen molar-refractivity contribution in [2.45, 2.75) is 37.6 Å². The van der Waals surface area contributed by atoms with Crippen LogP contribution < -0.4 is 0 Å². The third-order valence-electron chi connectivity index (χ3n) is 7.96. The van der Waals surface area contributed by atoms with Crippen LogP contribution in [0, 0.1) is 0 Å². The number of piperazine rings is 1. The Bertz CT molecular complexity index is 980. The minimum Gasteiger partial charge on any atom is -0.342 e. The van der Waals surface area contributed by atoms with Crippen molar-refractivity contribution in [2.24, 2.45) is 0 Å². The molecule has 34 heavy (non-hydrogen) atoms. The zero-order valence-electron chi connectivity index (χ0n) is 20.0. The van der Waals surface area contributed by atoms with E-state index in [0.717, 1.165) is 82.6 Å². The van der Waals surface area contributed by atoms with Gasteiger partial charge >= 0.3 is 0 Å². The molecule has 1 unspecified atom stereocenters. The largest absolute Gasteiger partial charge is 0.342 e. The molecule has 1 amide bonds. The van der Waals surface area contributed by atoms with Gasteiger partial charge < -0.3 is 14.4 Å². The molecule has 0 N–H and O–H groups in total. The third kappa shape index (κ3) is 4.17. The van der Waals surface area contributed by atoms with E-state index < -0.39 is 5.79 Å². The van der Waals surface area contributed by atoms with Gasteiger partial charge in [0.05, 0.1) is 19.3 Å². The average Bonchev–Trinajstić information content (AvgIpc) is 3.53. The number of ether oxygens (including phenoxy) is 2. The Hall–Kier alpha value is -2.25. The Labute approximate surface area is 202 Å². The highest BCUT2D eigenvalue weighted by molar-refractivity contribution is 5.78. The molecule has 3 aliphatic heterocycles. The number of carbonyl (C=O) groups excluding carboxylic acids is 1. The molecule has 6 nitrogen and oxygen atoms in total. The lowest BCUT2D eigenvalue weighted by Crippen LogP contribution is -2.51. The van der Waals surface area contributed by atoms with Gasteiger partial charge in [-0.25, -0.2) is 0 Å². The summed E-state index contributed by atoms with van der Waals surface area (Å²) in [5, 5.41) is 0. The van der Waals surface area contributed by atoms with E-state index in [0.29, 0.717) is 19.1 Å². The van der Waals surface area contributed by atoms with Gasteiger partial charge in [0.2, 0.25) is 11.7 Å². The number of carbonyl (C=O) groups is 1. The Balaban J connectivity index is 1.12. The molecular formula is C28H35N3O3. The van der Waals surface area contributed by atoms with Crippen LogP contribution in [-0.4, -0.2) is 85.7 Å². The summed E-state index contributed by atoms with van der Waals surface area (Å²) in [6, 6.07) is 17.2. The standard InChI is InChI=1S/C28H35N3O3/c32-27(31-13-5-6-14-31)20-30-17-15-29(16-18-30)19-24-21-33-28(34-24)25-9-3-1-7-22(25)11-12-23-8-2-4-10-26(23)28/h1-4,7-10,24H,5-6,11-21H2. The molecule has 6 rings (SSSR count). The Morgan fingerprint density at radius 3 is 2.06 bits per heavy atom. The predicted octanol–water partition coefficient (Wildman–Crippen LogP) is 2.64. The zero-order valence-corrected chi connectivity index (χ0v) is 20.0. The maximum absolute atomic E-state index is 12.5. The molecule has 2 aromatic rings. The van der Waals surface area contributed by atoms with Crippen LogP contribution in [0.1, 0.15) is 35.1 Å². The molecular weight excluding hydrogens is 426 g/mol. The quantitative estimate of drug-likeness (QED) is 0.701. The van der Waals surface area contributed by atoms with E-state index in [4.69, 9.17) is 9.47 Å². The smallest absolute Gasteiger partial charge is 0.236 e. The second-order valence-electron chi connectivity index (χ2n) is 10.1. The summed E-state index contributed by atoms with van der Waals surface area (Å²) in [6.45, 7) is 7.69. The first kappa shape index (κ1) is 22.2. The van der Waals surface area contributed by atoms with Crippen LogP contribution in [0.15, 0.2) is 48.5 Å². The van der Waals surface area contributed by atoms with Crippen molar-refractivity contribution in [3.05, 3.63) is 70.8 Å². The fourth-order valence-electron chi connectivity index (χ4n) is 6.09. The average molecular weight is 462 g/mol. The summed E-state index contributed by atoms with van der Waals surface area (Å²) < 4.78 is 13.4. The molecule has 180 valence electrons. The number of hydrogen-bond donors (Lipinski definition) is 0. The second-order valence-corrected chi connectivity index (χ2v) is 10.1. The van der Waals surface area contributed by atoms with Crippen molar-refractivity contribution in [2.75, 3.05) is 59.0 Å². The van der Waals surface area contributed by atoms with Gasteiger partial charge in [0.15, 0.2) is 0 Å². The van der Waals surface area contributed by atoms with Crippen LogP contribution in [0.3, 0.4) is 0 Å². The van der Waals surface area contributed by atoms with Crippen molar-refractivity contribution >= 4 is 5.91 Å². The first-order chi connectivity index (χ1) is 16.7. The van der Waals surface area contributed by atoms with Gasteiger partial charge in [-0.1, -0.05) is 48.5 Å². The van der Waals surface area contributed by atoms with Crippen LogP contribution in [0.25, 0.3) is 0 Å². The van der Waals surface area contributed by atoms with E-state index in [1.807, 2.05) is 4.90 Å². The number of benzene rings is 2. The fraction of sp³-hybridized carbons (Fsp3) is 0.536. The highest BCUT2D eigenvalue weighted by atomic mass is 16.7. The maximum Gasteiger partial charge on any atom is 0.236 e. The van der Waals surface area contributed by atoms with Crippen molar-refractivity contribution in [1.29, 1.82) is 0 Å². The minimum atomic E-state index is -0.807. The van der Waals surface area contributed by atoms with Crippen molar-refractivity contribution < 1.29 is 14.3 Å². The Kier molecular flexibility index (Phi) is 6.16. The topological polar surface area (TPSA) is 45.3 Å². The lowest BCUT2D eigenvalue weighted by atomic mass is 9.93. The number of aryl methyl sites for hydroxylation is 2. The highest BCUT2D eigenvalue weighted by Crippen LogP contribution is 2.45. The summed E-state index contributed by atoms with van der Waals surface area (Å²) in [6.07, 6.45) is 4.34. The number of fused-ring (bicyclic) bond motifs is 4. The SMILES string of the molecule is O=C(CN1CCN(CC2COC3(O2)c2ccccc2CCc2ccccc23)CC1)N1CCCC1. The molecule has 2 aromatic carbocycles. The van der Waals surface area contributed by atoms with Crippen LogP contribution in [0.4, 0.5) is 0 Å². The van der Waals surface area contributed by atoms with Gasteiger partial charge in [0, 0.05) is 56.9 Å². The van der Waals surface area contributed by atoms with Gasteiger partial charge in [-0.15, -0.1) is 0 Å². The van der Waals surface area contributed by atoms with Gasteiger partial charge in [-0.2, -0.15) is 0 Å². The molecule has 1 atom stereocenters. The van der Waals surface area contributed by atoms with Gasteiger partial charge in [0.25, 0.3) is 0 Å². The third-order valence-corrected chi connectivity index (χ3v) is 7.96.